The number of aliphatic hydroxyl groups is 1. The van der Waals surface area contributed by atoms with E-state index in [1.807, 2.05) is 12.1 Å². The van der Waals surface area contributed by atoms with Crippen LogP contribution in [0.25, 0.3) is 0 Å². The molecule has 1 aromatic rings. The van der Waals surface area contributed by atoms with Gasteiger partial charge >= 0.3 is 0 Å². The standard InChI is InChI=1S/C9H12ClNO/c1-9(11,6-12)7-3-2-4-8(10)5-7/h2-5,12H,6,11H2,1H3/t9-/m0/s1. The van der Waals surface area contributed by atoms with Crippen molar-refractivity contribution in [1.82, 2.24) is 0 Å². The van der Waals surface area contributed by atoms with Gasteiger partial charge in [-0.15, -0.1) is 0 Å². The summed E-state index contributed by atoms with van der Waals surface area (Å²) >= 11 is 5.77. The molecule has 0 aliphatic rings. The lowest BCUT2D eigenvalue weighted by Gasteiger charge is -2.22. The third-order valence-electron chi connectivity index (χ3n) is 1.81. The minimum atomic E-state index is -0.703. The summed E-state index contributed by atoms with van der Waals surface area (Å²) in [5.74, 6) is 0. The van der Waals surface area contributed by atoms with Gasteiger partial charge in [0.05, 0.1) is 12.1 Å². The smallest absolute Gasteiger partial charge is 0.0650 e. The van der Waals surface area contributed by atoms with Gasteiger partial charge < -0.3 is 10.8 Å². The van der Waals surface area contributed by atoms with Gasteiger partial charge in [-0.3, -0.25) is 0 Å². The third-order valence-corrected chi connectivity index (χ3v) is 2.05. The van der Waals surface area contributed by atoms with Crippen LogP contribution in [0, 0.1) is 0 Å². The first-order valence-electron chi connectivity index (χ1n) is 3.72. The van der Waals surface area contributed by atoms with E-state index in [9.17, 15) is 0 Å². The Balaban J connectivity index is 3.03. The largest absolute Gasteiger partial charge is 0.394 e. The van der Waals surface area contributed by atoms with Gasteiger partial charge in [-0.1, -0.05) is 23.7 Å². The molecule has 0 spiro atoms. The summed E-state index contributed by atoms with van der Waals surface area (Å²) in [5, 5.41) is 9.61. The molecule has 0 aliphatic heterocycles. The van der Waals surface area contributed by atoms with Crippen LogP contribution in [0.15, 0.2) is 24.3 Å². The molecule has 0 fully saturated rings. The highest BCUT2D eigenvalue weighted by Crippen LogP contribution is 2.20. The molecule has 0 heterocycles. The van der Waals surface area contributed by atoms with E-state index in [1.54, 1.807) is 19.1 Å². The summed E-state index contributed by atoms with van der Waals surface area (Å²) in [6, 6.07) is 7.21. The second-order valence-electron chi connectivity index (χ2n) is 3.09. The van der Waals surface area contributed by atoms with Crippen molar-refractivity contribution < 1.29 is 5.11 Å². The summed E-state index contributed by atoms with van der Waals surface area (Å²) in [4.78, 5) is 0. The number of hydrogen-bond acceptors (Lipinski definition) is 2. The zero-order chi connectivity index (χ0) is 9.19. The van der Waals surface area contributed by atoms with Crippen LogP contribution < -0.4 is 5.73 Å². The Bertz CT molecular complexity index is 273. The predicted molar refractivity (Wildman–Crippen MR) is 50.1 cm³/mol. The number of benzene rings is 1. The van der Waals surface area contributed by atoms with Crippen LogP contribution in [0.5, 0.6) is 0 Å². The van der Waals surface area contributed by atoms with Gasteiger partial charge in [-0.2, -0.15) is 0 Å². The Hall–Kier alpha value is -0.570. The number of nitrogens with two attached hydrogens (primary N) is 1. The van der Waals surface area contributed by atoms with E-state index in [-0.39, 0.29) is 6.61 Å². The first-order chi connectivity index (χ1) is 5.56. The fraction of sp³-hybridized carbons (Fsp3) is 0.333. The fourth-order valence-corrected chi connectivity index (χ4v) is 1.13. The average molecular weight is 186 g/mol. The number of rotatable bonds is 2. The Labute approximate surface area is 77.0 Å². The number of halogens is 1. The molecule has 0 amide bonds. The molecule has 0 saturated heterocycles. The number of hydrogen-bond donors (Lipinski definition) is 2. The minimum absolute atomic E-state index is 0.0899. The first kappa shape index (κ1) is 9.52. The monoisotopic (exact) mass is 185 g/mol. The molecule has 2 nitrogen and oxygen atoms in total. The Morgan fingerprint density at radius 3 is 2.75 bits per heavy atom. The summed E-state index contributed by atoms with van der Waals surface area (Å²) < 4.78 is 0. The van der Waals surface area contributed by atoms with Crippen LogP contribution in [0.3, 0.4) is 0 Å². The summed E-state index contributed by atoms with van der Waals surface area (Å²) in [6.07, 6.45) is 0. The summed E-state index contributed by atoms with van der Waals surface area (Å²) in [5.41, 5.74) is 5.94. The lowest BCUT2D eigenvalue weighted by atomic mass is 9.94. The minimum Gasteiger partial charge on any atom is -0.394 e. The normalized spacial score (nSPS) is 15.7. The van der Waals surface area contributed by atoms with Crippen molar-refractivity contribution in [3.63, 3.8) is 0 Å². The first-order valence-corrected chi connectivity index (χ1v) is 4.10. The average Bonchev–Trinajstić information content (AvgIpc) is 2.05. The summed E-state index contributed by atoms with van der Waals surface area (Å²) in [7, 11) is 0. The number of aliphatic hydroxyl groups excluding tert-OH is 1. The van der Waals surface area contributed by atoms with Crippen molar-refractivity contribution in [3.8, 4) is 0 Å². The molecule has 1 aromatic carbocycles. The highest BCUT2D eigenvalue weighted by atomic mass is 35.5. The van der Waals surface area contributed by atoms with Crippen LogP contribution in [0.1, 0.15) is 12.5 Å². The molecule has 1 atom stereocenters. The van der Waals surface area contributed by atoms with E-state index < -0.39 is 5.54 Å². The van der Waals surface area contributed by atoms with Crippen molar-refractivity contribution in [2.24, 2.45) is 5.73 Å². The SMILES string of the molecule is C[C@](N)(CO)c1cccc(Cl)c1. The molecular formula is C9H12ClNO. The van der Waals surface area contributed by atoms with E-state index in [1.165, 1.54) is 0 Å². The third kappa shape index (κ3) is 1.97. The highest BCUT2D eigenvalue weighted by Gasteiger charge is 2.19. The van der Waals surface area contributed by atoms with E-state index in [2.05, 4.69) is 0 Å². The highest BCUT2D eigenvalue weighted by molar-refractivity contribution is 6.30. The van der Waals surface area contributed by atoms with Gasteiger partial charge in [0, 0.05) is 5.02 Å². The van der Waals surface area contributed by atoms with Crippen molar-refractivity contribution in [3.05, 3.63) is 34.9 Å². The van der Waals surface area contributed by atoms with E-state index in [0.29, 0.717) is 5.02 Å². The molecule has 0 bridgehead atoms. The van der Waals surface area contributed by atoms with Gasteiger partial charge in [0.25, 0.3) is 0 Å². The van der Waals surface area contributed by atoms with E-state index in [4.69, 9.17) is 22.4 Å². The summed E-state index contributed by atoms with van der Waals surface area (Å²) in [6.45, 7) is 1.67. The Kier molecular flexibility index (Phi) is 2.73. The van der Waals surface area contributed by atoms with Crippen LogP contribution >= 0.6 is 11.6 Å². The molecule has 0 saturated carbocycles. The van der Waals surface area contributed by atoms with Crippen molar-refractivity contribution in [2.45, 2.75) is 12.5 Å². The van der Waals surface area contributed by atoms with E-state index >= 15 is 0 Å². The Morgan fingerprint density at radius 2 is 2.25 bits per heavy atom. The predicted octanol–water partition coefficient (Wildman–Crippen LogP) is 1.51. The second kappa shape index (κ2) is 3.44. The molecule has 0 aliphatic carbocycles. The van der Waals surface area contributed by atoms with Crippen molar-refractivity contribution in [2.75, 3.05) is 6.61 Å². The van der Waals surface area contributed by atoms with Crippen LogP contribution in [0.2, 0.25) is 5.02 Å². The van der Waals surface area contributed by atoms with Gasteiger partial charge in [-0.25, -0.2) is 0 Å². The van der Waals surface area contributed by atoms with Crippen molar-refractivity contribution in [1.29, 1.82) is 0 Å². The van der Waals surface area contributed by atoms with Crippen LogP contribution in [-0.2, 0) is 5.54 Å². The molecule has 3 heteroatoms. The lowest BCUT2D eigenvalue weighted by Crippen LogP contribution is -2.36. The topological polar surface area (TPSA) is 46.2 Å². The molecule has 12 heavy (non-hydrogen) atoms. The maximum Gasteiger partial charge on any atom is 0.0650 e. The maximum atomic E-state index is 8.97. The molecule has 66 valence electrons. The van der Waals surface area contributed by atoms with Gasteiger partial charge in [0.1, 0.15) is 0 Å². The molecule has 0 unspecified atom stereocenters. The lowest BCUT2D eigenvalue weighted by molar-refractivity contribution is 0.210. The zero-order valence-electron chi connectivity index (χ0n) is 6.92. The van der Waals surface area contributed by atoms with Gasteiger partial charge in [0.2, 0.25) is 0 Å². The van der Waals surface area contributed by atoms with Crippen molar-refractivity contribution >= 4 is 11.6 Å². The molecule has 0 aromatic heterocycles. The Morgan fingerprint density at radius 1 is 1.58 bits per heavy atom. The fourth-order valence-electron chi connectivity index (χ4n) is 0.935. The van der Waals surface area contributed by atoms with Gasteiger partial charge in [-0.05, 0) is 24.6 Å². The second-order valence-corrected chi connectivity index (χ2v) is 3.52. The quantitative estimate of drug-likeness (QED) is 0.734. The van der Waals surface area contributed by atoms with Crippen LogP contribution in [0.4, 0.5) is 0 Å². The van der Waals surface area contributed by atoms with Crippen LogP contribution in [-0.4, -0.2) is 11.7 Å². The zero-order valence-corrected chi connectivity index (χ0v) is 7.67. The van der Waals surface area contributed by atoms with Gasteiger partial charge in [0.15, 0.2) is 0 Å². The maximum absolute atomic E-state index is 8.97. The molecule has 3 N–H and O–H groups in total. The van der Waals surface area contributed by atoms with E-state index in [0.717, 1.165) is 5.56 Å². The molecule has 0 radical (unpaired) electrons. The molecular weight excluding hydrogens is 174 g/mol. The molecule has 1 rings (SSSR count).